The molecule has 0 aliphatic carbocycles. The predicted octanol–water partition coefficient (Wildman–Crippen LogP) is 0.520. The maximum Gasteiger partial charge on any atom is 0.369 e. The van der Waals surface area contributed by atoms with Crippen molar-refractivity contribution in [3.05, 3.63) is 22.0 Å². The molecule has 0 amide bonds. The maximum absolute atomic E-state index is 11.8. The van der Waals surface area contributed by atoms with Gasteiger partial charge in [-0.15, -0.1) is 5.10 Å². The van der Waals surface area contributed by atoms with Gasteiger partial charge in [0.25, 0.3) is 0 Å². The summed E-state index contributed by atoms with van der Waals surface area (Å²) in [5.41, 5.74) is 0.185. The molecule has 0 saturated heterocycles. The average Bonchev–Trinajstić information content (AvgIpc) is 3.07. The number of fused-ring (bicyclic) bond motifs is 1. The number of rotatable bonds is 3. The second-order valence-corrected chi connectivity index (χ2v) is 4.98. The molecule has 2 aromatic rings. The summed E-state index contributed by atoms with van der Waals surface area (Å²) in [6.45, 7) is 3.57. The first kappa shape index (κ1) is 13.4. The van der Waals surface area contributed by atoms with Gasteiger partial charge in [-0.05, 0) is 13.8 Å². The third kappa shape index (κ3) is 2.00. The van der Waals surface area contributed by atoms with Gasteiger partial charge in [0.1, 0.15) is 4.88 Å². The summed E-state index contributed by atoms with van der Waals surface area (Å²) in [6.07, 6.45) is 0. The van der Waals surface area contributed by atoms with E-state index in [1.807, 2.05) is 0 Å². The number of hydrogen-bond donors (Lipinski definition) is 0. The molecule has 3 rings (SSSR count). The molecule has 0 bridgehead atoms. The fraction of sp³-hybridized carbons (Fsp3) is 0.273. The normalized spacial score (nSPS) is 13.2. The number of aryl methyl sites for hydroxylation is 1. The van der Waals surface area contributed by atoms with Crippen molar-refractivity contribution in [2.24, 2.45) is 0 Å². The third-order valence-corrected chi connectivity index (χ3v) is 3.78. The summed E-state index contributed by atoms with van der Waals surface area (Å²) in [5.74, 6) is -2.19. The number of carbonyl (C=O) groups is 3. The Morgan fingerprint density at radius 1 is 1.38 bits per heavy atom. The molecular weight excluding hydrogens is 300 g/mol. The Hall–Kier alpha value is -2.62. The van der Waals surface area contributed by atoms with Gasteiger partial charge in [-0.1, -0.05) is 16.6 Å². The van der Waals surface area contributed by atoms with Crippen LogP contribution in [0.15, 0.2) is 0 Å². The van der Waals surface area contributed by atoms with E-state index >= 15 is 0 Å². The summed E-state index contributed by atoms with van der Waals surface area (Å²) in [7, 11) is 0. The molecule has 10 heteroatoms. The highest BCUT2D eigenvalue weighted by atomic mass is 32.1. The molecule has 0 unspecified atom stereocenters. The Morgan fingerprint density at radius 3 is 2.86 bits per heavy atom. The van der Waals surface area contributed by atoms with Crippen LogP contribution in [-0.2, 0) is 9.47 Å². The van der Waals surface area contributed by atoms with Crippen molar-refractivity contribution in [2.45, 2.75) is 13.8 Å². The van der Waals surface area contributed by atoms with Crippen molar-refractivity contribution in [1.29, 1.82) is 0 Å². The molecule has 2 aromatic heterocycles. The van der Waals surface area contributed by atoms with Gasteiger partial charge in [-0.3, -0.25) is 0 Å². The van der Waals surface area contributed by atoms with Crippen LogP contribution < -0.4 is 0 Å². The summed E-state index contributed by atoms with van der Waals surface area (Å²) < 4.78 is 10.4. The summed E-state index contributed by atoms with van der Waals surface area (Å²) in [4.78, 5) is 39.1. The van der Waals surface area contributed by atoms with Crippen LogP contribution in [0.3, 0.4) is 0 Å². The van der Waals surface area contributed by atoms with Crippen molar-refractivity contribution in [2.75, 3.05) is 6.61 Å². The molecule has 0 atom stereocenters. The maximum atomic E-state index is 11.8. The van der Waals surface area contributed by atoms with E-state index in [2.05, 4.69) is 20.0 Å². The quantitative estimate of drug-likeness (QED) is 0.595. The molecule has 1 aliphatic rings. The van der Waals surface area contributed by atoms with E-state index in [1.54, 1.807) is 13.8 Å². The fourth-order valence-corrected chi connectivity index (χ4v) is 2.69. The average molecular weight is 308 g/mol. The first-order chi connectivity index (χ1) is 10.0. The number of thiazole rings is 1. The zero-order chi connectivity index (χ0) is 15.1. The number of ether oxygens (including phenoxy) is 2. The van der Waals surface area contributed by atoms with Gasteiger partial charge in [-0.25, -0.2) is 19.4 Å². The second-order valence-electron chi connectivity index (χ2n) is 4.01. The van der Waals surface area contributed by atoms with Gasteiger partial charge in [0.15, 0.2) is 5.69 Å². The molecule has 0 aromatic carbocycles. The molecule has 1 aliphatic heterocycles. The van der Waals surface area contributed by atoms with Crippen LogP contribution in [0, 0.1) is 6.92 Å². The Balaban J connectivity index is 2.06. The number of esters is 3. The van der Waals surface area contributed by atoms with Crippen LogP contribution in [0.2, 0.25) is 0 Å². The van der Waals surface area contributed by atoms with Gasteiger partial charge in [-0.2, -0.15) is 4.68 Å². The Labute approximate surface area is 121 Å². The van der Waals surface area contributed by atoms with Crippen molar-refractivity contribution in [3.8, 4) is 5.13 Å². The van der Waals surface area contributed by atoms with E-state index in [0.717, 1.165) is 16.0 Å². The lowest BCUT2D eigenvalue weighted by atomic mass is 10.4. The molecule has 0 fully saturated rings. The van der Waals surface area contributed by atoms with E-state index in [-0.39, 0.29) is 23.1 Å². The topological polar surface area (TPSA) is 113 Å². The van der Waals surface area contributed by atoms with Gasteiger partial charge < -0.3 is 9.47 Å². The van der Waals surface area contributed by atoms with E-state index in [0.29, 0.717) is 10.6 Å². The molecule has 0 radical (unpaired) electrons. The van der Waals surface area contributed by atoms with Crippen LogP contribution in [0.5, 0.6) is 0 Å². The number of nitrogens with zero attached hydrogens (tertiary/aromatic N) is 4. The van der Waals surface area contributed by atoms with Crippen LogP contribution in [-0.4, -0.2) is 44.5 Å². The Kier molecular flexibility index (Phi) is 3.01. The molecule has 9 nitrogen and oxygen atoms in total. The van der Waals surface area contributed by atoms with Crippen LogP contribution in [0.4, 0.5) is 0 Å². The molecule has 0 N–H and O–H groups in total. The molecule has 0 spiro atoms. The lowest BCUT2D eigenvalue weighted by Crippen LogP contribution is -2.08. The minimum absolute atomic E-state index is 0.0934. The number of carbonyl (C=O) groups excluding carboxylic acids is 3. The van der Waals surface area contributed by atoms with Crippen LogP contribution >= 0.6 is 11.3 Å². The SMILES string of the molecule is CCOC(=O)c1sc(-n2nnc3c2C(=O)OC3=O)nc1C. The molecule has 0 saturated carbocycles. The largest absolute Gasteiger partial charge is 0.462 e. The van der Waals surface area contributed by atoms with Crippen molar-refractivity contribution < 1.29 is 23.9 Å². The van der Waals surface area contributed by atoms with E-state index < -0.39 is 17.9 Å². The van der Waals surface area contributed by atoms with E-state index in [4.69, 9.17) is 4.74 Å². The van der Waals surface area contributed by atoms with Crippen molar-refractivity contribution >= 4 is 29.2 Å². The van der Waals surface area contributed by atoms with Crippen molar-refractivity contribution in [3.63, 3.8) is 0 Å². The molecule has 3 heterocycles. The summed E-state index contributed by atoms with van der Waals surface area (Å²) in [6, 6.07) is 0. The van der Waals surface area contributed by atoms with Crippen LogP contribution in [0.1, 0.15) is 43.3 Å². The first-order valence-electron chi connectivity index (χ1n) is 5.90. The highest BCUT2D eigenvalue weighted by Gasteiger charge is 2.38. The standard InChI is InChI=1S/C11H8N4O5S/c1-3-19-10(18)7-4(2)12-11(21-7)15-6-5(13-14-15)8(16)20-9(6)17/h3H2,1-2H3. The van der Waals surface area contributed by atoms with E-state index in [9.17, 15) is 14.4 Å². The number of cyclic esters (lactones) is 2. The zero-order valence-corrected chi connectivity index (χ0v) is 11.8. The van der Waals surface area contributed by atoms with Gasteiger partial charge in [0.2, 0.25) is 10.8 Å². The minimum Gasteiger partial charge on any atom is -0.462 e. The minimum atomic E-state index is -0.847. The Morgan fingerprint density at radius 2 is 2.14 bits per heavy atom. The Bertz CT molecular complexity index is 778. The number of aromatic nitrogens is 4. The van der Waals surface area contributed by atoms with Gasteiger partial charge in [0, 0.05) is 0 Å². The highest BCUT2D eigenvalue weighted by Crippen LogP contribution is 2.26. The van der Waals surface area contributed by atoms with Gasteiger partial charge in [0.05, 0.1) is 12.3 Å². The highest BCUT2D eigenvalue weighted by molar-refractivity contribution is 7.16. The van der Waals surface area contributed by atoms with Crippen molar-refractivity contribution in [1.82, 2.24) is 20.0 Å². The zero-order valence-electron chi connectivity index (χ0n) is 10.9. The first-order valence-corrected chi connectivity index (χ1v) is 6.71. The fourth-order valence-electron chi connectivity index (χ4n) is 1.78. The third-order valence-electron chi connectivity index (χ3n) is 2.67. The summed E-state index contributed by atoms with van der Waals surface area (Å²) in [5, 5.41) is 7.53. The molecular formula is C11H8N4O5S. The lowest BCUT2D eigenvalue weighted by molar-refractivity contribution is 0.0432. The lowest BCUT2D eigenvalue weighted by Gasteiger charge is -1.97. The monoisotopic (exact) mass is 308 g/mol. The molecule has 21 heavy (non-hydrogen) atoms. The van der Waals surface area contributed by atoms with E-state index in [1.165, 1.54) is 0 Å². The van der Waals surface area contributed by atoms with Crippen LogP contribution in [0.25, 0.3) is 5.13 Å². The predicted molar refractivity (Wildman–Crippen MR) is 67.5 cm³/mol. The number of hydrogen-bond acceptors (Lipinski definition) is 9. The smallest absolute Gasteiger partial charge is 0.369 e. The molecule has 108 valence electrons. The second kappa shape index (κ2) is 4.74. The summed E-state index contributed by atoms with van der Waals surface area (Å²) >= 11 is 0.990. The van der Waals surface area contributed by atoms with Gasteiger partial charge >= 0.3 is 17.9 Å².